The van der Waals surface area contributed by atoms with Gasteiger partial charge in [-0.25, -0.2) is 0 Å². The number of hydrogen-bond donors (Lipinski definition) is 0. The summed E-state index contributed by atoms with van der Waals surface area (Å²) in [6, 6.07) is 4.87. The van der Waals surface area contributed by atoms with Gasteiger partial charge in [0.15, 0.2) is 0 Å². The van der Waals surface area contributed by atoms with Crippen molar-refractivity contribution in [3.05, 3.63) is 35.4 Å². The van der Waals surface area contributed by atoms with E-state index in [1.165, 1.54) is 12.1 Å². The highest BCUT2D eigenvalue weighted by Crippen LogP contribution is 2.29. The first kappa shape index (κ1) is 14.2. The normalized spacial score (nSPS) is 13.5. The van der Waals surface area contributed by atoms with E-state index in [0.717, 1.165) is 12.1 Å². The molecule has 1 atom stereocenters. The Balaban J connectivity index is 2.72. The maximum absolute atomic E-state index is 12.3. The Labute approximate surface area is 106 Å². The Morgan fingerprint density at radius 2 is 1.82 bits per heavy atom. The molecule has 0 aliphatic heterocycles. The summed E-state index contributed by atoms with van der Waals surface area (Å²) < 4.78 is 36.9. The van der Waals surface area contributed by atoms with Gasteiger partial charge in [-0.05, 0) is 24.1 Å². The maximum atomic E-state index is 12.3. The lowest BCUT2D eigenvalue weighted by Gasteiger charge is -2.10. The van der Waals surface area contributed by atoms with E-state index in [4.69, 9.17) is 0 Å². The summed E-state index contributed by atoms with van der Waals surface area (Å²) >= 11 is 3.23. The quantitative estimate of drug-likeness (QED) is 0.769. The van der Waals surface area contributed by atoms with Crippen molar-refractivity contribution in [2.45, 2.75) is 30.8 Å². The lowest BCUT2D eigenvalue weighted by atomic mass is 10.0. The first-order valence-electron chi connectivity index (χ1n) is 5.17. The molecule has 0 radical (unpaired) electrons. The molecule has 0 fully saturated rings. The van der Waals surface area contributed by atoms with Crippen molar-refractivity contribution >= 4 is 21.7 Å². The molecule has 5 heteroatoms. The van der Waals surface area contributed by atoms with Gasteiger partial charge in [0.2, 0.25) is 0 Å². The van der Waals surface area contributed by atoms with E-state index in [1.54, 1.807) is 6.92 Å². The minimum Gasteiger partial charge on any atom is -0.298 e. The third kappa shape index (κ3) is 4.15. The van der Waals surface area contributed by atoms with Gasteiger partial charge in [0.1, 0.15) is 5.78 Å². The Morgan fingerprint density at radius 1 is 1.29 bits per heavy atom. The van der Waals surface area contributed by atoms with Crippen LogP contribution in [0.3, 0.4) is 0 Å². The zero-order valence-electron chi connectivity index (χ0n) is 9.22. The fourth-order valence-electron chi connectivity index (χ4n) is 1.37. The Hall–Kier alpha value is -0.840. The summed E-state index contributed by atoms with van der Waals surface area (Å²) in [5, 5.41) is 0. The van der Waals surface area contributed by atoms with Gasteiger partial charge in [-0.2, -0.15) is 13.2 Å². The van der Waals surface area contributed by atoms with Crippen LogP contribution in [-0.4, -0.2) is 10.6 Å². The number of hydrogen-bond acceptors (Lipinski definition) is 1. The molecule has 1 aromatic carbocycles. The Bertz CT molecular complexity index is 384. The highest BCUT2D eigenvalue weighted by molar-refractivity contribution is 9.10. The van der Waals surface area contributed by atoms with Crippen LogP contribution in [0.5, 0.6) is 0 Å². The largest absolute Gasteiger partial charge is 0.416 e. The third-order valence-electron chi connectivity index (χ3n) is 2.39. The molecule has 0 spiro atoms. The number of rotatable bonds is 4. The van der Waals surface area contributed by atoms with Crippen LogP contribution in [0.1, 0.15) is 24.5 Å². The third-order valence-corrected chi connectivity index (χ3v) is 3.23. The molecule has 0 N–H and O–H groups in total. The standard InChI is InChI=1S/C12H12BrF3O/c1-2-11(17)10(13)7-8-3-5-9(6-4-8)12(14,15)16/h3-6,10H,2,7H2,1H3. The van der Waals surface area contributed by atoms with Crippen LogP contribution in [0.15, 0.2) is 24.3 Å². The number of carbonyl (C=O) groups excluding carboxylic acids is 1. The van der Waals surface area contributed by atoms with Gasteiger partial charge < -0.3 is 0 Å². The lowest BCUT2D eigenvalue weighted by Crippen LogP contribution is -2.15. The van der Waals surface area contributed by atoms with Crippen molar-refractivity contribution in [2.75, 3.05) is 0 Å². The topological polar surface area (TPSA) is 17.1 Å². The molecular weight excluding hydrogens is 297 g/mol. The van der Waals surface area contributed by atoms with Crippen molar-refractivity contribution in [1.29, 1.82) is 0 Å². The molecule has 0 amide bonds. The first-order chi connectivity index (χ1) is 7.84. The second-order valence-electron chi connectivity index (χ2n) is 3.69. The zero-order chi connectivity index (χ0) is 13.1. The van der Waals surface area contributed by atoms with Gasteiger partial charge in [0.05, 0.1) is 10.4 Å². The van der Waals surface area contributed by atoms with E-state index in [9.17, 15) is 18.0 Å². The molecule has 0 heterocycles. The SMILES string of the molecule is CCC(=O)C(Br)Cc1ccc(C(F)(F)F)cc1. The van der Waals surface area contributed by atoms with Gasteiger partial charge in [-0.1, -0.05) is 35.0 Å². The van der Waals surface area contributed by atoms with Gasteiger partial charge in [-0.15, -0.1) is 0 Å². The predicted octanol–water partition coefficient (Wildman–Crippen LogP) is 3.99. The zero-order valence-corrected chi connectivity index (χ0v) is 10.8. The molecule has 1 nitrogen and oxygen atoms in total. The van der Waals surface area contributed by atoms with E-state index in [2.05, 4.69) is 15.9 Å². The molecule has 94 valence electrons. The summed E-state index contributed by atoms with van der Waals surface area (Å²) in [4.78, 5) is 11.0. The van der Waals surface area contributed by atoms with E-state index in [-0.39, 0.29) is 10.6 Å². The van der Waals surface area contributed by atoms with Crippen molar-refractivity contribution in [2.24, 2.45) is 0 Å². The summed E-state index contributed by atoms with van der Waals surface area (Å²) in [5.41, 5.74) is 0.0378. The number of carbonyl (C=O) groups is 1. The predicted molar refractivity (Wildman–Crippen MR) is 63.2 cm³/mol. The molecule has 0 aromatic heterocycles. The van der Waals surface area contributed by atoms with Gasteiger partial charge in [-0.3, -0.25) is 4.79 Å². The second kappa shape index (κ2) is 5.67. The number of Topliss-reactive ketones (excluding diaryl/α,β-unsaturated/α-hetero) is 1. The average molecular weight is 309 g/mol. The highest BCUT2D eigenvalue weighted by atomic mass is 79.9. The van der Waals surface area contributed by atoms with Crippen LogP contribution in [0.2, 0.25) is 0 Å². The summed E-state index contributed by atoms with van der Waals surface area (Å²) in [6.45, 7) is 1.75. The van der Waals surface area contributed by atoms with Crippen molar-refractivity contribution in [1.82, 2.24) is 0 Å². The molecule has 0 aliphatic carbocycles. The summed E-state index contributed by atoms with van der Waals surface area (Å²) in [6.07, 6.45) is -3.49. The molecule has 1 aromatic rings. The Morgan fingerprint density at radius 3 is 2.24 bits per heavy atom. The van der Waals surface area contributed by atoms with Crippen LogP contribution in [0.4, 0.5) is 13.2 Å². The van der Waals surface area contributed by atoms with Crippen LogP contribution in [-0.2, 0) is 17.4 Å². The van der Waals surface area contributed by atoms with Crippen LogP contribution in [0, 0.1) is 0 Å². The van der Waals surface area contributed by atoms with Crippen molar-refractivity contribution < 1.29 is 18.0 Å². The monoisotopic (exact) mass is 308 g/mol. The summed E-state index contributed by atoms with van der Waals surface area (Å²) in [7, 11) is 0. The number of benzene rings is 1. The second-order valence-corrected chi connectivity index (χ2v) is 4.79. The van der Waals surface area contributed by atoms with Crippen LogP contribution in [0.25, 0.3) is 0 Å². The lowest BCUT2D eigenvalue weighted by molar-refractivity contribution is -0.137. The molecule has 1 rings (SSSR count). The molecular formula is C12H12BrF3O. The van der Waals surface area contributed by atoms with Gasteiger partial charge in [0.25, 0.3) is 0 Å². The van der Waals surface area contributed by atoms with Crippen molar-refractivity contribution in [3.63, 3.8) is 0 Å². The van der Waals surface area contributed by atoms with E-state index in [1.807, 2.05) is 0 Å². The van der Waals surface area contributed by atoms with Crippen LogP contribution < -0.4 is 0 Å². The van der Waals surface area contributed by atoms with Gasteiger partial charge >= 0.3 is 6.18 Å². The van der Waals surface area contributed by atoms with E-state index in [0.29, 0.717) is 18.4 Å². The maximum Gasteiger partial charge on any atom is 0.416 e. The molecule has 1 unspecified atom stereocenters. The van der Waals surface area contributed by atoms with Crippen molar-refractivity contribution in [3.8, 4) is 0 Å². The highest BCUT2D eigenvalue weighted by Gasteiger charge is 2.30. The number of alkyl halides is 4. The molecule has 0 saturated heterocycles. The number of halogens is 4. The fraction of sp³-hybridized carbons (Fsp3) is 0.417. The van der Waals surface area contributed by atoms with Crippen LogP contribution >= 0.6 is 15.9 Å². The average Bonchev–Trinajstić information content (AvgIpc) is 2.27. The van der Waals surface area contributed by atoms with E-state index >= 15 is 0 Å². The molecule has 0 aliphatic rings. The fourth-order valence-corrected chi connectivity index (χ4v) is 2.07. The molecule has 0 saturated carbocycles. The molecule has 17 heavy (non-hydrogen) atoms. The molecule has 0 bridgehead atoms. The Kier molecular flexibility index (Phi) is 4.74. The minimum atomic E-state index is -4.31. The number of ketones is 1. The smallest absolute Gasteiger partial charge is 0.298 e. The first-order valence-corrected chi connectivity index (χ1v) is 6.09. The van der Waals surface area contributed by atoms with E-state index < -0.39 is 11.7 Å². The minimum absolute atomic E-state index is 0.0462. The summed E-state index contributed by atoms with van der Waals surface area (Å²) in [5.74, 6) is 0.0462. The van der Waals surface area contributed by atoms with Gasteiger partial charge in [0, 0.05) is 6.42 Å².